The van der Waals surface area contributed by atoms with Gasteiger partial charge in [0.1, 0.15) is 16.9 Å². The molecule has 0 radical (unpaired) electrons. The molecule has 25 heavy (non-hydrogen) atoms. The summed E-state index contributed by atoms with van der Waals surface area (Å²) in [6.07, 6.45) is 2.55. The predicted molar refractivity (Wildman–Crippen MR) is 92.3 cm³/mol. The highest BCUT2D eigenvalue weighted by Crippen LogP contribution is 2.32. The molecule has 3 aromatic heterocycles. The van der Waals surface area contributed by atoms with Crippen molar-refractivity contribution in [2.24, 2.45) is 0 Å². The fourth-order valence-corrected chi connectivity index (χ4v) is 3.98. The zero-order chi connectivity index (χ0) is 17.6. The van der Waals surface area contributed by atoms with E-state index < -0.39 is 6.61 Å². The predicted octanol–water partition coefficient (Wildman–Crippen LogP) is 4.48. The molecule has 1 aromatic carbocycles. The van der Waals surface area contributed by atoms with Crippen molar-refractivity contribution in [3.63, 3.8) is 0 Å². The Morgan fingerprint density at radius 1 is 1.24 bits per heavy atom. The Morgan fingerprint density at radius 3 is 2.68 bits per heavy atom. The SMILES string of the molecule is CCc1c(C)sc2ncn3nc(-c4ccc(OC(F)F)cc4)nc3c12. The summed E-state index contributed by atoms with van der Waals surface area (Å²) < 4.78 is 30.5. The first-order valence-corrected chi connectivity index (χ1v) is 8.57. The van der Waals surface area contributed by atoms with E-state index in [1.165, 1.54) is 22.6 Å². The molecule has 4 aromatic rings. The number of fused-ring (bicyclic) bond motifs is 3. The molecule has 128 valence electrons. The van der Waals surface area contributed by atoms with Gasteiger partial charge in [0.2, 0.25) is 0 Å². The van der Waals surface area contributed by atoms with Gasteiger partial charge in [-0.2, -0.15) is 8.78 Å². The van der Waals surface area contributed by atoms with Crippen LogP contribution in [0.4, 0.5) is 8.78 Å². The Balaban J connectivity index is 1.82. The normalized spacial score (nSPS) is 11.7. The lowest BCUT2D eigenvalue weighted by Crippen LogP contribution is -2.01. The molecule has 0 saturated carbocycles. The molecule has 3 heterocycles. The molecule has 0 spiro atoms. The minimum absolute atomic E-state index is 0.105. The lowest BCUT2D eigenvalue weighted by atomic mass is 10.1. The quantitative estimate of drug-likeness (QED) is 0.538. The first kappa shape index (κ1) is 15.9. The highest BCUT2D eigenvalue weighted by atomic mass is 32.1. The van der Waals surface area contributed by atoms with Crippen LogP contribution in [0.2, 0.25) is 0 Å². The van der Waals surface area contributed by atoms with Gasteiger partial charge in [-0.3, -0.25) is 0 Å². The average molecular weight is 360 g/mol. The minimum atomic E-state index is -2.84. The molecule has 0 atom stereocenters. The van der Waals surface area contributed by atoms with Gasteiger partial charge in [-0.25, -0.2) is 14.5 Å². The Kier molecular flexibility index (Phi) is 3.84. The number of hydrogen-bond acceptors (Lipinski definition) is 5. The third kappa shape index (κ3) is 2.72. The number of alkyl halides is 2. The van der Waals surface area contributed by atoms with Gasteiger partial charge < -0.3 is 4.74 Å². The van der Waals surface area contributed by atoms with Crippen LogP contribution in [0.25, 0.3) is 27.3 Å². The van der Waals surface area contributed by atoms with E-state index in [2.05, 4.69) is 33.7 Å². The maximum atomic E-state index is 12.2. The number of halogens is 2. The van der Waals surface area contributed by atoms with E-state index in [4.69, 9.17) is 0 Å². The maximum Gasteiger partial charge on any atom is 0.387 e. The largest absolute Gasteiger partial charge is 0.435 e. The van der Waals surface area contributed by atoms with Crippen molar-refractivity contribution in [3.05, 3.63) is 41.0 Å². The van der Waals surface area contributed by atoms with E-state index >= 15 is 0 Å². The Hall–Kier alpha value is -2.61. The van der Waals surface area contributed by atoms with Crippen molar-refractivity contribution in [1.29, 1.82) is 0 Å². The fourth-order valence-electron chi connectivity index (χ4n) is 2.90. The van der Waals surface area contributed by atoms with E-state index in [1.807, 2.05) is 0 Å². The van der Waals surface area contributed by atoms with Crippen LogP contribution in [0.3, 0.4) is 0 Å². The molecule has 4 rings (SSSR count). The summed E-state index contributed by atoms with van der Waals surface area (Å²) in [6.45, 7) is 1.35. The van der Waals surface area contributed by atoms with E-state index in [-0.39, 0.29) is 5.75 Å². The molecule has 5 nitrogen and oxygen atoms in total. The third-order valence-corrected chi connectivity index (χ3v) is 5.08. The van der Waals surface area contributed by atoms with Gasteiger partial charge in [0.05, 0.1) is 5.39 Å². The average Bonchev–Trinajstić information content (AvgIpc) is 3.14. The summed E-state index contributed by atoms with van der Waals surface area (Å²) in [6, 6.07) is 6.29. The topological polar surface area (TPSA) is 52.3 Å². The van der Waals surface area contributed by atoms with Crippen LogP contribution in [0, 0.1) is 6.92 Å². The number of aryl methyl sites for hydroxylation is 2. The van der Waals surface area contributed by atoms with E-state index in [1.54, 1.807) is 34.3 Å². The number of ether oxygens (including phenoxy) is 1. The molecular formula is C17H14F2N4OS. The van der Waals surface area contributed by atoms with Crippen LogP contribution in [-0.2, 0) is 6.42 Å². The van der Waals surface area contributed by atoms with E-state index in [0.29, 0.717) is 5.82 Å². The summed E-state index contributed by atoms with van der Waals surface area (Å²) >= 11 is 1.65. The van der Waals surface area contributed by atoms with Crippen molar-refractivity contribution in [2.45, 2.75) is 26.9 Å². The van der Waals surface area contributed by atoms with Gasteiger partial charge >= 0.3 is 6.61 Å². The summed E-state index contributed by atoms with van der Waals surface area (Å²) in [4.78, 5) is 11.3. The van der Waals surface area contributed by atoms with Crippen molar-refractivity contribution in [2.75, 3.05) is 0 Å². The van der Waals surface area contributed by atoms with Gasteiger partial charge in [0.15, 0.2) is 11.5 Å². The molecule has 0 saturated heterocycles. The zero-order valence-electron chi connectivity index (χ0n) is 13.5. The Labute approximate surface area is 145 Å². The second kappa shape index (κ2) is 6.03. The standard InChI is InChI=1S/C17H14F2N4OS/c1-3-12-9(2)25-16-13(12)15-21-14(22-23(15)8-20-16)10-4-6-11(7-5-10)24-17(18)19/h4-8,17H,3H2,1-2H3. The summed E-state index contributed by atoms with van der Waals surface area (Å²) in [5.74, 6) is 0.622. The van der Waals surface area contributed by atoms with Crippen LogP contribution in [-0.4, -0.2) is 26.2 Å². The van der Waals surface area contributed by atoms with Crippen molar-refractivity contribution < 1.29 is 13.5 Å². The van der Waals surface area contributed by atoms with Crippen molar-refractivity contribution in [3.8, 4) is 17.1 Å². The second-order valence-electron chi connectivity index (χ2n) is 5.52. The third-order valence-electron chi connectivity index (χ3n) is 4.02. The molecule has 0 aliphatic carbocycles. The molecule has 0 aliphatic rings. The maximum absolute atomic E-state index is 12.2. The highest BCUT2D eigenvalue weighted by molar-refractivity contribution is 7.18. The minimum Gasteiger partial charge on any atom is -0.435 e. The molecule has 0 N–H and O–H groups in total. The molecule has 8 heteroatoms. The first-order valence-electron chi connectivity index (χ1n) is 7.75. The van der Waals surface area contributed by atoms with Gasteiger partial charge in [0, 0.05) is 10.4 Å². The van der Waals surface area contributed by atoms with E-state index in [0.717, 1.165) is 27.8 Å². The summed E-state index contributed by atoms with van der Waals surface area (Å²) in [7, 11) is 0. The van der Waals surface area contributed by atoms with Crippen molar-refractivity contribution >= 4 is 27.2 Å². The number of rotatable bonds is 4. The lowest BCUT2D eigenvalue weighted by molar-refractivity contribution is -0.0498. The van der Waals surface area contributed by atoms with Crippen LogP contribution < -0.4 is 4.74 Å². The second-order valence-corrected chi connectivity index (χ2v) is 6.72. The Morgan fingerprint density at radius 2 is 2.00 bits per heavy atom. The number of nitrogens with zero attached hydrogens (tertiary/aromatic N) is 4. The lowest BCUT2D eigenvalue weighted by Gasteiger charge is -2.03. The number of aromatic nitrogens is 4. The number of benzene rings is 1. The fraction of sp³-hybridized carbons (Fsp3) is 0.235. The molecular weight excluding hydrogens is 346 g/mol. The van der Waals surface area contributed by atoms with Gasteiger partial charge in [-0.05, 0) is 43.2 Å². The van der Waals surface area contributed by atoms with Crippen LogP contribution >= 0.6 is 11.3 Å². The number of hydrogen-bond donors (Lipinski definition) is 0. The smallest absolute Gasteiger partial charge is 0.387 e. The molecule has 0 fully saturated rings. The highest BCUT2D eigenvalue weighted by Gasteiger charge is 2.16. The summed E-state index contributed by atoms with van der Waals surface area (Å²) in [5, 5.41) is 5.50. The Bertz CT molecular complexity index is 1060. The van der Waals surface area contributed by atoms with Crippen LogP contribution in [0.5, 0.6) is 5.75 Å². The van der Waals surface area contributed by atoms with Gasteiger partial charge in [-0.15, -0.1) is 16.4 Å². The zero-order valence-corrected chi connectivity index (χ0v) is 14.3. The summed E-state index contributed by atoms with van der Waals surface area (Å²) in [5.41, 5.74) is 2.72. The molecule has 0 bridgehead atoms. The van der Waals surface area contributed by atoms with Gasteiger partial charge in [-0.1, -0.05) is 6.92 Å². The van der Waals surface area contributed by atoms with Crippen molar-refractivity contribution in [1.82, 2.24) is 19.6 Å². The first-order chi connectivity index (χ1) is 12.1. The van der Waals surface area contributed by atoms with E-state index in [9.17, 15) is 8.78 Å². The monoisotopic (exact) mass is 360 g/mol. The molecule has 0 aliphatic heterocycles. The molecule has 0 amide bonds. The van der Waals surface area contributed by atoms with Crippen LogP contribution in [0.1, 0.15) is 17.4 Å². The number of thiophene rings is 1. The van der Waals surface area contributed by atoms with Crippen LogP contribution in [0.15, 0.2) is 30.6 Å². The van der Waals surface area contributed by atoms with Gasteiger partial charge in [0.25, 0.3) is 0 Å². The molecule has 0 unspecified atom stereocenters.